The summed E-state index contributed by atoms with van der Waals surface area (Å²) in [7, 11) is -1.80. The molecule has 1 amide bonds. The van der Waals surface area contributed by atoms with Crippen molar-refractivity contribution in [1.82, 2.24) is 5.32 Å². The summed E-state index contributed by atoms with van der Waals surface area (Å²) in [6.07, 6.45) is 5.43. The van der Waals surface area contributed by atoms with Gasteiger partial charge in [-0.25, -0.2) is 8.42 Å². The zero-order valence-electron chi connectivity index (χ0n) is 14.9. The molecule has 0 aliphatic heterocycles. The number of carbonyl (C=O) groups excluding carboxylic acids is 1. The number of fused-ring (bicyclic) bond motifs is 2. The zero-order chi connectivity index (χ0) is 18.2. The van der Waals surface area contributed by atoms with Crippen LogP contribution < -0.4 is 14.4 Å². The Labute approximate surface area is 149 Å². The fourth-order valence-corrected chi connectivity index (χ4v) is 4.41. The highest BCUT2D eigenvalue weighted by atomic mass is 32.2. The van der Waals surface area contributed by atoms with Crippen LogP contribution in [-0.2, 0) is 14.8 Å². The van der Waals surface area contributed by atoms with Gasteiger partial charge in [0.25, 0.3) is 5.91 Å². The van der Waals surface area contributed by atoms with E-state index in [0.717, 1.165) is 18.6 Å². The minimum atomic E-state index is -3.29. The number of amides is 1. The second-order valence-electron chi connectivity index (χ2n) is 7.27. The second-order valence-corrected chi connectivity index (χ2v) is 9.29. The minimum Gasteiger partial charge on any atom is -0.481 e. The number of sulfonamides is 1. The van der Waals surface area contributed by atoms with Gasteiger partial charge in [0.1, 0.15) is 5.75 Å². The molecule has 2 aliphatic carbocycles. The first-order valence-corrected chi connectivity index (χ1v) is 10.6. The Hall–Kier alpha value is -1.76. The molecule has 2 bridgehead atoms. The van der Waals surface area contributed by atoms with Crippen molar-refractivity contribution in [1.29, 1.82) is 0 Å². The van der Waals surface area contributed by atoms with E-state index in [2.05, 4.69) is 5.32 Å². The van der Waals surface area contributed by atoms with E-state index in [1.807, 2.05) is 0 Å². The first-order chi connectivity index (χ1) is 11.7. The van der Waals surface area contributed by atoms with Gasteiger partial charge in [-0.2, -0.15) is 0 Å². The first-order valence-electron chi connectivity index (χ1n) is 8.75. The van der Waals surface area contributed by atoms with Gasteiger partial charge in [0, 0.05) is 13.1 Å². The Balaban J connectivity index is 1.55. The summed E-state index contributed by atoms with van der Waals surface area (Å²) < 4.78 is 30.0. The number of benzene rings is 1. The predicted octanol–water partition coefficient (Wildman–Crippen LogP) is 2.15. The lowest BCUT2D eigenvalue weighted by Gasteiger charge is -2.25. The van der Waals surface area contributed by atoms with E-state index in [4.69, 9.17) is 4.74 Å². The topological polar surface area (TPSA) is 75.7 Å². The SMILES string of the molecule is C[C@@H](Oc1ccc(N(C)S(C)(=O)=O)cc1)C(=O)N[C@H]1C[C@H]2CC[C@H]1C2. The molecule has 0 unspecified atom stereocenters. The van der Waals surface area contributed by atoms with Crippen LogP contribution in [0.4, 0.5) is 5.69 Å². The lowest BCUT2D eigenvalue weighted by molar-refractivity contribution is -0.128. The van der Waals surface area contributed by atoms with Crippen LogP contribution in [0.2, 0.25) is 0 Å². The first kappa shape index (κ1) is 18.0. The maximum absolute atomic E-state index is 12.4. The van der Waals surface area contributed by atoms with Crippen molar-refractivity contribution in [2.75, 3.05) is 17.6 Å². The Kier molecular flexibility index (Phi) is 4.95. The van der Waals surface area contributed by atoms with Crippen molar-refractivity contribution >= 4 is 21.6 Å². The third-order valence-electron chi connectivity index (χ3n) is 5.45. The van der Waals surface area contributed by atoms with Crippen molar-refractivity contribution < 1.29 is 17.9 Å². The van der Waals surface area contributed by atoms with E-state index in [9.17, 15) is 13.2 Å². The van der Waals surface area contributed by atoms with Crippen molar-refractivity contribution in [2.45, 2.75) is 44.8 Å². The lowest BCUT2D eigenvalue weighted by Crippen LogP contribution is -2.44. The third-order valence-corrected chi connectivity index (χ3v) is 6.65. The fourth-order valence-electron chi connectivity index (χ4n) is 3.91. The summed E-state index contributed by atoms with van der Waals surface area (Å²) in [6.45, 7) is 1.74. The summed E-state index contributed by atoms with van der Waals surface area (Å²) >= 11 is 0. The molecule has 0 spiro atoms. The Morgan fingerprint density at radius 2 is 1.92 bits per heavy atom. The molecule has 138 valence electrons. The molecule has 2 aliphatic rings. The zero-order valence-corrected chi connectivity index (χ0v) is 15.8. The maximum Gasteiger partial charge on any atom is 0.261 e. The van der Waals surface area contributed by atoms with Gasteiger partial charge in [-0.05, 0) is 62.3 Å². The fraction of sp³-hybridized carbons (Fsp3) is 0.611. The Morgan fingerprint density at radius 3 is 2.44 bits per heavy atom. The molecule has 6 nitrogen and oxygen atoms in total. The number of nitrogens with zero attached hydrogens (tertiary/aromatic N) is 1. The number of hydrogen-bond acceptors (Lipinski definition) is 4. The summed E-state index contributed by atoms with van der Waals surface area (Å²) in [6, 6.07) is 6.98. The molecule has 1 aromatic carbocycles. The number of carbonyl (C=O) groups is 1. The number of rotatable bonds is 6. The van der Waals surface area contributed by atoms with Gasteiger partial charge in [-0.1, -0.05) is 6.42 Å². The number of nitrogens with one attached hydrogen (secondary N) is 1. The molecule has 2 fully saturated rings. The number of anilines is 1. The molecule has 0 aromatic heterocycles. The van der Waals surface area contributed by atoms with Crippen LogP contribution in [0.25, 0.3) is 0 Å². The molecule has 7 heteroatoms. The maximum atomic E-state index is 12.4. The van der Waals surface area contributed by atoms with Gasteiger partial charge in [-0.15, -0.1) is 0 Å². The average Bonchev–Trinajstić information content (AvgIpc) is 3.16. The lowest BCUT2D eigenvalue weighted by atomic mass is 9.95. The van der Waals surface area contributed by atoms with E-state index < -0.39 is 16.1 Å². The van der Waals surface area contributed by atoms with Crippen molar-refractivity contribution in [3.8, 4) is 5.75 Å². The van der Waals surface area contributed by atoms with E-state index in [-0.39, 0.29) is 5.91 Å². The van der Waals surface area contributed by atoms with E-state index in [0.29, 0.717) is 23.4 Å². The van der Waals surface area contributed by atoms with Crippen LogP contribution >= 0.6 is 0 Å². The number of ether oxygens (including phenoxy) is 1. The van der Waals surface area contributed by atoms with E-state index in [1.54, 1.807) is 31.2 Å². The van der Waals surface area contributed by atoms with Gasteiger partial charge in [0.2, 0.25) is 10.0 Å². The molecule has 0 saturated heterocycles. The van der Waals surface area contributed by atoms with Crippen LogP contribution in [0.1, 0.15) is 32.6 Å². The van der Waals surface area contributed by atoms with Crippen LogP contribution in [0.5, 0.6) is 5.75 Å². The van der Waals surface area contributed by atoms with Crippen LogP contribution in [0.3, 0.4) is 0 Å². The average molecular weight is 366 g/mol. The van der Waals surface area contributed by atoms with Crippen LogP contribution in [0, 0.1) is 11.8 Å². The van der Waals surface area contributed by atoms with Gasteiger partial charge < -0.3 is 10.1 Å². The van der Waals surface area contributed by atoms with Gasteiger partial charge >= 0.3 is 0 Å². The van der Waals surface area contributed by atoms with E-state index >= 15 is 0 Å². The summed E-state index contributed by atoms with van der Waals surface area (Å²) in [5.41, 5.74) is 0.550. The van der Waals surface area contributed by atoms with Gasteiger partial charge in [0.15, 0.2) is 6.10 Å². The highest BCUT2D eigenvalue weighted by molar-refractivity contribution is 7.92. The van der Waals surface area contributed by atoms with Gasteiger partial charge in [0.05, 0.1) is 11.9 Å². The molecule has 0 radical (unpaired) electrons. The van der Waals surface area contributed by atoms with E-state index in [1.165, 1.54) is 30.6 Å². The molecular formula is C18H26N2O4S. The second kappa shape index (κ2) is 6.86. The minimum absolute atomic E-state index is 0.0881. The third kappa shape index (κ3) is 4.08. The smallest absolute Gasteiger partial charge is 0.261 e. The van der Waals surface area contributed by atoms with Crippen LogP contribution in [-0.4, -0.2) is 39.8 Å². The Morgan fingerprint density at radius 1 is 1.24 bits per heavy atom. The van der Waals surface area contributed by atoms with Crippen molar-refractivity contribution in [3.05, 3.63) is 24.3 Å². The summed E-state index contributed by atoms with van der Waals surface area (Å²) in [5.74, 6) is 1.87. The molecule has 25 heavy (non-hydrogen) atoms. The molecule has 0 heterocycles. The van der Waals surface area contributed by atoms with Crippen molar-refractivity contribution in [2.24, 2.45) is 11.8 Å². The quantitative estimate of drug-likeness (QED) is 0.837. The largest absolute Gasteiger partial charge is 0.481 e. The highest BCUT2D eigenvalue weighted by Gasteiger charge is 2.40. The molecule has 4 atom stereocenters. The molecule has 1 N–H and O–H groups in total. The summed E-state index contributed by atoms with van der Waals surface area (Å²) in [4.78, 5) is 12.4. The summed E-state index contributed by atoms with van der Waals surface area (Å²) in [5, 5.41) is 3.13. The molecular weight excluding hydrogens is 340 g/mol. The molecule has 3 rings (SSSR count). The highest BCUT2D eigenvalue weighted by Crippen LogP contribution is 2.44. The van der Waals surface area contributed by atoms with Crippen molar-refractivity contribution in [3.63, 3.8) is 0 Å². The number of hydrogen-bond donors (Lipinski definition) is 1. The predicted molar refractivity (Wildman–Crippen MR) is 97.2 cm³/mol. The Bertz CT molecular complexity index is 732. The van der Waals surface area contributed by atoms with Gasteiger partial charge in [-0.3, -0.25) is 9.10 Å². The monoisotopic (exact) mass is 366 g/mol. The van der Waals surface area contributed by atoms with Crippen LogP contribution in [0.15, 0.2) is 24.3 Å². The molecule has 2 saturated carbocycles. The standard InChI is InChI=1S/C18H26N2O4S/c1-12(18(21)19-17-11-13-4-5-14(17)10-13)24-16-8-6-15(7-9-16)20(2)25(3,22)23/h6-9,12-14,17H,4-5,10-11H2,1-3H3,(H,19,21)/t12-,13+,14+,17+/m1/s1. The molecule has 1 aromatic rings. The normalized spacial score (nSPS) is 26.3.